The smallest absolute Gasteiger partial charge is 0.319 e. The molecule has 200 valence electrons. The molecule has 1 aliphatic carbocycles. The number of carbonyl (C=O) groups is 1. The Bertz CT molecular complexity index is 1460. The number of hydrogen-bond acceptors (Lipinski definition) is 8. The molecule has 0 unspecified atom stereocenters. The summed E-state index contributed by atoms with van der Waals surface area (Å²) < 4.78 is 57.3. The summed E-state index contributed by atoms with van der Waals surface area (Å²) in [6.07, 6.45) is 0.0271. The van der Waals surface area contributed by atoms with Gasteiger partial charge in [-0.05, 0) is 25.8 Å². The first-order chi connectivity index (χ1) is 17.4. The Labute approximate surface area is 221 Å². The van der Waals surface area contributed by atoms with Crippen LogP contribution in [0.1, 0.15) is 31.2 Å². The summed E-state index contributed by atoms with van der Waals surface area (Å²) in [6, 6.07) is 1.42. The number of aromatic nitrogens is 4. The van der Waals surface area contributed by atoms with E-state index in [1.807, 2.05) is 11.8 Å². The normalized spacial score (nSPS) is 17.6. The van der Waals surface area contributed by atoms with Crippen LogP contribution in [0.25, 0.3) is 16.3 Å². The summed E-state index contributed by atoms with van der Waals surface area (Å²) in [6.45, 7) is 3.52. The van der Waals surface area contributed by atoms with Crippen molar-refractivity contribution in [1.82, 2.24) is 34.1 Å². The van der Waals surface area contributed by atoms with E-state index in [2.05, 4.69) is 19.9 Å². The molecule has 2 fully saturated rings. The molecular weight excluding hydrogens is 550 g/mol. The van der Waals surface area contributed by atoms with Gasteiger partial charge in [-0.2, -0.15) is 0 Å². The van der Waals surface area contributed by atoms with Crippen LogP contribution in [0.2, 0.25) is 5.15 Å². The molecule has 0 radical (unpaired) electrons. The lowest BCUT2D eigenvalue weighted by molar-refractivity contribution is 0.150. The number of fused-ring (bicyclic) bond motifs is 1. The third-order valence-electron chi connectivity index (χ3n) is 6.43. The molecule has 11 nitrogen and oxygen atoms in total. The van der Waals surface area contributed by atoms with Crippen LogP contribution >= 0.6 is 22.9 Å². The first-order valence-corrected chi connectivity index (χ1v) is 14.1. The van der Waals surface area contributed by atoms with Gasteiger partial charge < -0.3 is 14.7 Å². The first kappa shape index (κ1) is 26.0. The topological polar surface area (TPSA) is 116 Å². The quantitative estimate of drug-likeness (QED) is 0.481. The second kappa shape index (κ2) is 9.29. The number of halogens is 3. The van der Waals surface area contributed by atoms with Crippen LogP contribution in [-0.2, 0) is 10.0 Å². The zero-order valence-electron chi connectivity index (χ0n) is 20.3. The third-order valence-corrected chi connectivity index (χ3v) is 9.23. The molecular formula is C21H25ClF2N8O3S2. The summed E-state index contributed by atoms with van der Waals surface area (Å²) in [7, 11) is -0.572. The standard InChI is InChI=1S/C21H25ClF2N8O3S2/c1-21(4-5-21)28-37(34,35)12-10-13(30-6-8-31(9-7-30)20(33)29(2)3)14-15(22)25-17(32(14)11-12)19-27-26-18(36-19)16(23)24/h10-11,16,28H,4-9H2,1-3H3. The van der Waals surface area contributed by atoms with E-state index < -0.39 is 27.0 Å². The zero-order chi connectivity index (χ0) is 26.7. The van der Waals surface area contributed by atoms with E-state index >= 15 is 0 Å². The molecule has 1 saturated heterocycles. The van der Waals surface area contributed by atoms with Crippen LogP contribution < -0.4 is 9.62 Å². The van der Waals surface area contributed by atoms with Crippen molar-refractivity contribution in [2.24, 2.45) is 0 Å². The van der Waals surface area contributed by atoms with E-state index in [1.165, 1.54) is 21.6 Å². The monoisotopic (exact) mass is 574 g/mol. The fraction of sp³-hybridized carbons (Fsp3) is 0.524. The number of amides is 2. The first-order valence-electron chi connectivity index (χ1n) is 11.5. The highest BCUT2D eigenvalue weighted by Crippen LogP contribution is 2.39. The molecule has 3 aromatic heterocycles. The number of anilines is 1. The van der Waals surface area contributed by atoms with E-state index in [0.29, 0.717) is 48.7 Å². The molecule has 0 bridgehead atoms. The molecule has 4 heterocycles. The van der Waals surface area contributed by atoms with Gasteiger partial charge in [-0.1, -0.05) is 22.9 Å². The van der Waals surface area contributed by atoms with Gasteiger partial charge in [0.25, 0.3) is 6.43 Å². The van der Waals surface area contributed by atoms with Gasteiger partial charge in [-0.25, -0.2) is 31.7 Å². The molecule has 2 aliphatic rings. The van der Waals surface area contributed by atoms with Crippen molar-refractivity contribution in [3.8, 4) is 10.8 Å². The van der Waals surface area contributed by atoms with Gasteiger partial charge in [-0.15, -0.1) is 10.2 Å². The molecule has 16 heteroatoms. The molecule has 5 rings (SSSR count). The van der Waals surface area contributed by atoms with Crippen LogP contribution in [0.5, 0.6) is 0 Å². The van der Waals surface area contributed by atoms with Crippen molar-refractivity contribution in [1.29, 1.82) is 0 Å². The number of carbonyl (C=O) groups excluding carboxylic acids is 1. The van der Waals surface area contributed by atoms with Crippen molar-refractivity contribution >= 4 is 50.2 Å². The van der Waals surface area contributed by atoms with E-state index in [9.17, 15) is 22.0 Å². The molecule has 1 saturated carbocycles. The molecule has 37 heavy (non-hydrogen) atoms. The average Bonchev–Trinajstić information content (AvgIpc) is 3.23. The van der Waals surface area contributed by atoms with Crippen LogP contribution in [0.3, 0.4) is 0 Å². The lowest BCUT2D eigenvalue weighted by atomic mass is 10.2. The minimum absolute atomic E-state index is 0.0242. The Balaban J connectivity index is 1.61. The number of hydrogen-bond donors (Lipinski definition) is 1. The Morgan fingerprint density at radius 1 is 1.22 bits per heavy atom. The van der Waals surface area contributed by atoms with Crippen LogP contribution in [0.4, 0.5) is 19.3 Å². The highest BCUT2D eigenvalue weighted by molar-refractivity contribution is 7.89. The minimum atomic E-state index is -3.93. The summed E-state index contributed by atoms with van der Waals surface area (Å²) >= 11 is 7.20. The Morgan fingerprint density at radius 3 is 2.46 bits per heavy atom. The molecule has 1 N–H and O–H groups in total. The summed E-state index contributed by atoms with van der Waals surface area (Å²) in [5.74, 6) is 0.113. The number of urea groups is 1. The molecule has 0 atom stereocenters. The maximum atomic E-state index is 13.4. The van der Waals surface area contributed by atoms with Gasteiger partial charge in [-0.3, -0.25) is 4.40 Å². The third kappa shape index (κ3) is 4.96. The minimum Gasteiger partial charge on any atom is -0.366 e. The SMILES string of the molecule is CN(C)C(=O)N1CCN(c2cc(S(=O)(=O)NC3(C)CC3)cn3c(-c4nnc(C(F)F)s4)nc(Cl)c23)CC1. The predicted octanol–water partition coefficient (Wildman–Crippen LogP) is 3.08. The molecule has 2 amide bonds. The Hall–Kier alpha value is -2.62. The van der Waals surface area contributed by atoms with Crippen LogP contribution in [0, 0.1) is 0 Å². The number of alkyl halides is 2. The number of nitrogens with one attached hydrogen (secondary N) is 1. The van der Waals surface area contributed by atoms with Crippen LogP contribution in [-0.4, -0.2) is 89.6 Å². The van der Waals surface area contributed by atoms with Gasteiger partial charge in [0, 0.05) is 52.0 Å². The fourth-order valence-electron chi connectivity index (χ4n) is 4.17. The fourth-order valence-corrected chi connectivity index (χ4v) is 6.61. The zero-order valence-corrected chi connectivity index (χ0v) is 22.7. The van der Waals surface area contributed by atoms with Gasteiger partial charge >= 0.3 is 6.03 Å². The van der Waals surface area contributed by atoms with Gasteiger partial charge in [0.05, 0.1) is 5.69 Å². The second-order valence-corrected chi connectivity index (χ2v) is 12.6. The van der Waals surface area contributed by atoms with E-state index in [-0.39, 0.29) is 26.9 Å². The van der Waals surface area contributed by atoms with Gasteiger partial charge in [0.15, 0.2) is 21.0 Å². The van der Waals surface area contributed by atoms with E-state index in [4.69, 9.17) is 11.6 Å². The summed E-state index contributed by atoms with van der Waals surface area (Å²) in [5, 5.41) is 7.04. The maximum absolute atomic E-state index is 13.4. The Kier molecular flexibility index (Phi) is 6.53. The van der Waals surface area contributed by atoms with Gasteiger partial charge in [0.2, 0.25) is 10.0 Å². The second-order valence-electron chi connectivity index (χ2n) is 9.57. The molecule has 0 aromatic carbocycles. The number of sulfonamides is 1. The van der Waals surface area contributed by atoms with E-state index in [1.54, 1.807) is 19.0 Å². The van der Waals surface area contributed by atoms with Crippen molar-refractivity contribution in [2.45, 2.75) is 36.6 Å². The number of pyridine rings is 1. The van der Waals surface area contributed by atoms with Crippen molar-refractivity contribution in [2.75, 3.05) is 45.2 Å². The predicted molar refractivity (Wildman–Crippen MR) is 135 cm³/mol. The van der Waals surface area contributed by atoms with Gasteiger partial charge in [0.1, 0.15) is 10.4 Å². The largest absolute Gasteiger partial charge is 0.366 e. The number of rotatable bonds is 6. The lowest BCUT2D eigenvalue weighted by Gasteiger charge is -2.37. The van der Waals surface area contributed by atoms with Crippen molar-refractivity contribution < 1.29 is 22.0 Å². The van der Waals surface area contributed by atoms with Crippen LogP contribution in [0.15, 0.2) is 17.2 Å². The number of nitrogens with zero attached hydrogens (tertiary/aromatic N) is 7. The average molecular weight is 575 g/mol. The number of imidazole rings is 1. The highest BCUT2D eigenvalue weighted by atomic mass is 35.5. The summed E-state index contributed by atoms with van der Waals surface area (Å²) in [5.41, 5.74) is 0.407. The van der Waals surface area contributed by atoms with Crippen molar-refractivity contribution in [3.63, 3.8) is 0 Å². The number of piperazine rings is 1. The Morgan fingerprint density at radius 2 is 1.89 bits per heavy atom. The molecule has 0 spiro atoms. The highest BCUT2D eigenvalue weighted by Gasteiger charge is 2.41. The lowest BCUT2D eigenvalue weighted by Crippen LogP contribution is -2.51. The molecule has 3 aromatic rings. The maximum Gasteiger partial charge on any atom is 0.319 e. The van der Waals surface area contributed by atoms with E-state index in [0.717, 1.165) is 12.8 Å². The summed E-state index contributed by atoms with van der Waals surface area (Å²) in [4.78, 5) is 21.9. The molecule has 1 aliphatic heterocycles. The van der Waals surface area contributed by atoms with Crippen molar-refractivity contribution in [3.05, 3.63) is 22.4 Å².